The first-order chi connectivity index (χ1) is 15.1. The van der Waals surface area contributed by atoms with Crippen LogP contribution in [0.2, 0.25) is 0 Å². The summed E-state index contributed by atoms with van der Waals surface area (Å²) in [6.45, 7) is 0. The van der Waals surface area contributed by atoms with Crippen molar-refractivity contribution >= 4 is 11.8 Å². The van der Waals surface area contributed by atoms with Crippen LogP contribution in [0, 0.1) is 11.8 Å². The number of carboxylic acids is 1. The van der Waals surface area contributed by atoms with Crippen LogP contribution < -0.4 is 0 Å². The summed E-state index contributed by atoms with van der Waals surface area (Å²) in [4.78, 5) is 23.3. The quantitative estimate of drug-likeness (QED) is 0.554. The highest BCUT2D eigenvalue weighted by Crippen LogP contribution is 2.34. The molecule has 3 rings (SSSR count). The Labute approximate surface area is 184 Å². The van der Waals surface area contributed by atoms with Crippen molar-refractivity contribution in [1.82, 2.24) is 0 Å². The number of alkyl halides is 3. The van der Waals surface area contributed by atoms with Crippen LogP contribution in [0.1, 0.15) is 46.3 Å². The summed E-state index contributed by atoms with van der Waals surface area (Å²) >= 11 is 0. The number of aliphatic hydroxyl groups is 1. The molecule has 170 valence electrons. The Kier molecular flexibility index (Phi) is 7.51. The van der Waals surface area contributed by atoms with Crippen molar-refractivity contribution in [2.24, 2.45) is 11.8 Å². The number of hydrogen-bond donors (Lipinski definition) is 2. The number of carbonyl (C=O) groups excluding carboxylic acids is 1. The van der Waals surface area contributed by atoms with Crippen LogP contribution in [0.25, 0.3) is 0 Å². The SMILES string of the molecule is O=C(O)c1ccc(CC[C@H]2C(=O)CCC2/C=C/C(O)Cc2cccc(C(F)(F)F)c2)cc1. The molecule has 0 aromatic heterocycles. The highest BCUT2D eigenvalue weighted by Gasteiger charge is 2.33. The Morgan fingerprint density at radius 3 is 2.50 bits per heavy atom. The average molecular weight is 446 g/mol. The Morgan fingerprint density at radius 1 is 1.12 bits per heavy atom. The van der Waals surface area contributed by atoms with Crippen molar-refractivity contribution in [2.75, 3.05) is 0 Å². The van der Waals surface area contributed by atoms with Crippen molar-refractivity contribution in [2.45, 2.75) is 44.4 Å². The third-order valence-corrected chi connectivity index (χ3v) is 5.88. The second-order valence-corrected chi connectivity index (χ2v) is 8.17. The Hall–Kier alpha value is -2.93. The number of Topliss-reactive ketones (excluding diaryl/α,β-unsaturated/α-hetero) is 1. The van der Waals surface area contributed by atoms with E-state index >= 15 is 0 Å². The van der Waals surface area contributed by atoms with E-state index in [4.69, 9.17) is 5.11 Å². The van der Waals surface area contributed by atoms with E-state index in [1.165, 1.54) is 18.2 Å². The summed E-state index contributed by atoms with van der Waals surface area (Å²) in [5.74, 6) is -1.05. The first-order valence-electron chi connectivity index (χ1n) is 10.5. The number of aryl methyl sites for hydroxylation is 1. The summed E-state index contributed by atoms with van der Waals surface area (Å²) < 4.78 is 38.6. The van der Waals surface area contributed by atoms with E-state index in [2.05, 4.69) is 0 Å². The van der Waals surface area contributed by atoms with Gasteiger partial charge in [0.05, 0.1) is 17.2 Å². The Balaban J connectivity index is 1.58. The maximum Gasteiger partial charge on any atom is 0.416 e. The van der Waals surface area contributed by atoms with Gasteiger partial charge in [0.15, 0.2) is 0 Å². The van der Waals surface area contributed by atoms with Crippen molar-refractivity contribution in [3.63, 3.8) is 0 Å². The minimum atomic E-state index is -4.43. The van der Waals surface area contributed by atoms with Crippen LogP contribution in [0.4, 0.5) is 13.2 Å². The lowest BCUT2D eigenvalue weighted by atomic mass is 9.88. The zero-order valence-electron chi connectivity index (χ0n) is 17.4. The molecule has 4 nitrogen and oxygen atoms in total. The lowest BCUT2D eigenvalue weighted by molar-refractivity contribution is -0.137. The molecule has 1 saturated carbocycles. The van der Waals surface area contributed by atoms with Crippen LogP contribution in [0.3, 0.4) is 0 Å². The molecule has 1 aliphatic carbocycles. The molecule has 0 heterocycles. The van der Waals surface area contributed by atoms with E-state index in [0.29, 0.717) is 31.2 Å². The fourth-order valence-corrected chi connectivity index (χ4v) is 4.13. The number of aliphatic hydroxyl groups excluding tert-OH is 1. The average Bonchev–Trinajstić information content (AvgIpc) is 3.10. The molecule has 2 aromatic carbocycles. The number of allylic oxidation sites excluding steroid dienone is 1. The standard InChI is InChI=1S/C25H25F3O4/c26-25(27,28)20-3-1-2-17(14-20)15-21(29)11-9-18-10-13-23(30)22(18)12-6-16-4-7-19(8-5-16)24(31)32/h1-5,7-9,11,14,18,21-22,29H,6,10,12-13,15H2,(H,31,32)/b11-9+/t18?,21?,22-/m1/s1. The molecule has 32 heavy (non-hydrogen) atoms. The fourth-order valence-electron chi connectivity index (χ4n) is 4.13. The lowest BCUT2D eigenvalue weighted by Gasteiger charge is -2.16. The van der Waals surface area contributed by atoms with Gasteiger partial charge in [-0.05, 0) is 54.5 Å². The molecule has 3 atom stereocenters. The van der Waals surface area contributed by atoms with Gasteiger partial charge in [-0.3, -0.25) is 4.79 Å². The molecule has 2 N–H and O–H groups in total. The van der Waals surface area contributed by atoms with E-state index in [1.54, 1.807) is 30.4 Å². The summed E-state index contributed by atoms with van der Waals surface area (Å²) in [6.07, 6.45) is 0.439. The fraction of sp³-hybridized carbons (Fsp3) is 0.360. The van der Waals surface area contributed by atoms with Gasteiger partial charge in [0.2, 0.25) is 0 Å². The van der Waals surface area contributed by atoms with Crippen molar-refractivity contribution in [3.05, 3.63) is 82.9 Å². The van der Waals surface area contributed by atoms with Gasteiger partial charge in [0.1, 0.15) is 5.78 Å². The smallest absolute Gasteiger partial charge is 0.416 e. The van der Waals surface area contributed by atoms with Gasteiger partial charge in [0, 0.05) is 18.8 Å². The second kappa shape index (κ2) is 10.1. The highest BCUT2D eigenvalue weighted by atomic mass is 19.4. The van der Waals surface area contributed by atoms with Gasteiger partial charge in [-0.2, -0.15) is 13.2 Å². The van der Waals surface area contributed by atoms with E-state index < -0.39 is 23.8 Å². The van der Waals surface area contributed by atoms with Gasteiger partial charge in [-0.25, -0.2) is 4.79 Å². The Morgan fingerprint density at radius 2 is 1.84 bits per heavy atom. The topological polar surface area (TPSA) is 74.6 Å². The molecule has 1 aliphatic rings. The predicted octanol–water partition coefficient (Wildman–Crippen LogP) is 5.09. The molecule has 0 spiro atoms. The molecule has 0 bridgehead atoms. The van der Waals surface area contributed by atoms with Crippen LogP contribution in [0.15, 0.2) is 60.7 Å². The highest BCUT2D eigenvalue weighted by molar-refractivity contribution is 5.87. The molecule has 0 radical (unpaired) electrons. The van der Waals surface area contributed by atoms with Gasteiger partial charge in [-0.15, -0.1) is 0 Å². The predicted molar refractivity (Wildman–Crippen MR) is 113 cm³/mol. The third kappa shape index (κ3) is 6.29. The second-order valence-electron chi connectivity index (χ2n) is 8.17. The van der Waals surface area contributed by atoms with Crippen LogP contribution >= 0.6 is 0 Å². The molecule has 1 fully saturated rings. The first-order valence-corrected chi connectivity index (χ1v) is 10.5. The number of halogens is 3. The monoisotopic (exact) mass is 446 g/mol. The molecule has 0 amide bonds. The van der Waals surface area contributed by atoms with Crippen molar-refractivity contribution in [3.8, 4) is 0 Å². The van der Waals surface area contributed by atoms with E-state index in [9.17, 15) is 27.9 Å². The van der Waals surface area contributed by atoms with E-state index in [1.807, 2.05) is 0 Å². The van der Waals surface area contributed by atoms with E-state index in [0.717, 1.165) is 17.7 Å². The number of carbonyl (C=O) groups is 2. The molecular formula is C25H25F3O4. The lowest BCUT2D eigenvalue weighted by Crippen LogP contribution is -2.15. The van der Waals surface area contributed by atoms with E-state index in [-0.39, 0.29) is 29.6 Å². The molecule has 7 heteroatoms. The molecule has 2 unspecified atom stereocenters. The molecule has 0 saturated heterocycles. The van der Waals surface area contributed by atoms with Crippen molar-refractivity contribution in [1.29, 1.82) is 0 Å². The van der Waals surface area contributed by atoms with Crippen molar-refractivity contribution < 1.29 is 33.0 Å². The number of carboxylic acid groups (broad SMARTS) is 1. The minimum Gasteiger partial charge on any atom is -0.478 e. The maximum absolute atomic E-state index is 12.9. The normalized spacial score (nSPS) is 20.1. The number of benzene rings is 2. The largest absolute Gasteiger partial charge is 0.478 e. The zero-order chi connectivity index (χ0) is 23.3. The van der Waals surface area contributed by atoms with Crippen LogP contribution in [-0.2, 0) is 23.8 Å². The van der Waals surface area contributed by atoms with Crippen LogP contribution in [0.5, 0.6) is 0 Å². The Bertz CT molecular complexity index is 979. The van der Waals surface area contributed by atoms with Gasteiger partial charge < -0.3 is 10.2 Å². The summed E-state index contributed by atoms with van der Waals surface area (Å²) in [7, 11) is 0. The summed E-state index contributed by atoms with van der Waals surface area (Å²) in [6, 6.07) is 11.5. The van der Waals surface area contributed by atoms with Crippen LogP contribution in [-0.4, -0.2) is 28.1 Å². The minimum absolute atomic E-state index is 0.0306. The van der Waals surface area contributed by atoms with Gasteiger partial charge >= 0.3 is 12.1 Å². The maximum atomic E-state index is 12.9. The number of hydrogen-bond acceptors (Lipinski definition) is 3. The van der Waals surface area contributed by atoms with Gasteiger partial charge in [0.25, 0.3) is 0 Å². The molecule has 2 aromatic rings. The summed E-state index contributed by atoms with van der Waals surface area (Å²) in [5.41, 5.74) is 0.799. The molecule has 0 aliphatic heterocycles. The summed E-state index contributed by atoms with van der Waals surface area (Å²) in [5, 5.41) is 19.3. The number of rotatable bonds is 8. The van der Waals surface area contributed by atoms with Gasteiger partial charge in [-0.1, -0.05) is 42.5 Å². The first kappa shape index (κ1) is 23.7. The molecular weight excluding hydrogens is 421 g/mol. The number of ketones is 1. The third-order valence-electron chi connectivity index (χ3n) is 5.88. The number of aromatic carboxylic acids is 1. The zero-order valence-corrected chi connectivity index (χ0v) is 17.4.